The van der Waals surface area contributed by atoms with E-state index in [2.05, 4.69) is 15.3 Å². The van der Waals surface area contributed by atoms with Crippen molar-refractivity contribution in [2.75, 3.05) is 14.1 Å². The van der Waals surface area contributed by atoms with E-state index in [-0.39, 0.29) is 34.2 Å². The molecule has 0 bridgehead atoms. The molecule has 0 unspecified atom stereocenters. The summed E-state index contributed by atoms with van der Waals surface area (Å²) in [7, 11) is 3.49. The molecule has 0 fully saturated rings. The number of aromatic nitrogens is 3. The number of amides is 1. The van der Waals surface area contributed by atoms with Crippen LogP contribution in [0.25, 0.3) is 0 Å². The maximum atomic E-state index is 12.9. The van der Waals surface area contributed by atoms with Crippen molar-refractivity contribution in [1.82, 2.24) is 19.9 Å². The van der Waals surface area contributed by atoms with E-state index in [0.717, 1.165) is 24.3 Å². The standard InChI is InChI=1S/C22H20ClF3N6O2/c1-12-8-13(10-32-21(28-11-31(2)3)18(20(27)34)29-30-32)9-16(23)17(12)19(33)14-4-6-15(7-5-14)22(24,25)26/h4-9,11H,10H2,1-3H3,(H2,27,34). The Bertz CT molecular complexity index is 1240. The fourth-order valence-electron chi connectivity index (χ4n) is 3.19. The molecule has 2 aromatic carbocycles. The number of halogens is 4. The monoisotopic (exact) mass is 492 g/mol. The van der Waals surface area contributed by atoms with Gasteiger partial charge in [-0.1, -0.05) is 35.0 Å². The van der Waals surface area contributed by atoms with Crippen molar-refractivity contribution < 1.29 is 22.8 Å². The van der Waals surface area contributed by atoms with Gasteiger partial charge in [0.2, 0.25) is 0 Å². The summed E-state index contributed by atoms with van der Waals surface area (Å²) in [5, 5.41) is 7.84. The lowest BCUT2D eigenvalue weighted by Gasteiger charge is -2.12. The number of benzene rings is 2. The third kappa shape index (κ3) is 5.42. The van der Waals surface area contributed by atoms with Crippen molar-refractivity contribution in [3.05, 3.63) is 74.9 Å². The molecule has 3 rings (SSSR count). The molecule has 0 aliphatic heterocycles. The Labute approximate surface area is 197 Å². The molecule has 0 spiro atoms. The summed E-state index contributed by atoms with van der Waals surface area (Å²) in [5.74, 6) is -1.14. The Morgan fingerprint density at radius 3 is 2.38 bits per heavy atom. The molecule has 0 saturated carbocycles. The van der Waals surface area contributed by atoms with Gasteiger partial charge in [0, 0.05) is 25.2 Å². The highest BCUT2D eigenvalue weighted by Gasteiger charge is 2.30. The molecule has 178 valence electrons. The van der Waals surface area contributed by atoms with Gasteiger partial charge >= 0.3 is 6.18 Å². The Morgan fingerprint density at radius 1 is 1.21 bits per heavy atom. The van der Waals surface area contributed by atoms with Crippen LogP contribution in [0.5, 0.6) is 0 Å². The van der Waals surface area contributed by atoms with Gasteiger partial charge in [0.1, 0.15) is 0 Å². The van der Waals surface area contributed by atoms with E-state index < -0.39 is 23.4 Å². The van der Waals surface area contributed by atoms with Crippen LogP contribution in [0.15, 0.2) is 41.4 Å². The second-order valence-electron chi connectivity index (χ2n) is 7.67. The van der Waals surface area contributed by atoms with Crippen LogP contribution >= 0.6 is 11.6 Å². The second-order valence-corrected chi connectivity index (χ2v) is 8.07. The van der Waals surface area contributed by atoms with Gasteiger partial charge in [-0.15, -0.1) is 5.10 Å². The number of rotatable bonds is 7. The number of nitrogens with zero attached hydrogens (tertiary/aromatic N) is 5. The van der Waals surface area contributed by atoms with E-state index in [1.807, 2.05) is 0 Å². The lowest BCUT2D eigenvalue weighted by Crippen LogP contribution is -2.13. The highest BCUT2D eigenvalue weighted by Crippen LogP contribution is 2.31. The van der Waals surface area contributed by atoms with Gasteiger partial charge < -0.3 is 10.6 Å². The minimum atomic E-state index is -4.50. The van der Waals surface area contributed by atoms with Gasteiger partial charge in [-0.2, -0.15) is 13.2 Å². The van der Waals surface area contributed by atoms with Crippen LogP contribution in [0.4, 0.5) is 19.0 Å². The smallest absolute Gasteiger partial charge is 0.369 e. The Morgan fingerprint density at radius 2 is 1.85 bits per heavy atom. The SMILES string of the molecule is Cc1cc(Cn2nnc(C(N)=O)c2N=CN(C)C)cc(Cl)c1C(=O)c1ccc(C(F)(F)F)cc1. The van der Waals surface area contributed by atoms with Gasteiger partial charge in [-0.05, 0) is 36.2 Å². The molecule has 0 radical (unpaired) electrons. The van der Waals surface area contributed by atoms with Crippen molar-refractivity contribution >= 4 is 35.4 Å². The number of hydrogen-bond donors (Lipinski definition) is 1. The van der Waals surface area contributed by atoms with E-state index in [9.17, 15) is 22.8 Å². The van der Waals surface area contributed by atoms with Crippen LogP contribution in [0.3, 0.4) is 0 Å². The summed E-state index contributed by atoms with van der Waals surface area (Å²) in [6, 6.07) is 7.16. The van der Waals surface area contributed by atoms with Crippen molar-refractivity contribution in [3.8, 4) is 0 Å². The summed E-state index contributed by atoms with van der Waals surface area (Å²) in [6.07, 6.45) is -3.03. The first-order valence-electron chi connectivity index (χ1n) is 9.83. The Kier molecular flexibility index (Phi) is 7.06. The fraction of sp³-hybridized carbons (Fsp3) is 0.227. The average molecular weight is 493 g/mol. The number of nitrogens with two attached hydrogens (primary N) is 1. The molecule has 1 heterocycles. The number of aliphatic imine (C=N–C) groups is 1. The number of hydrogen-bond acceptors (Lipinski definition) is 5. The van der Waals surface area contributed by atoms with Crippen LogP contribution in [0, 0.1) is 6.92 Å². The first-order chi connectivity index (χ1) is 15.9. The molecule has 3 aromatic rings. The number of carbonyl (C=O) groups is 2. The molecule has 8 nitrogen and oxygen atoms in total. The van der Waals surface area contributed by atoms with Crippen molar-refractivity contribution in [2.24, 2.45) is 10.7 Å². The van der Waals surface area contributed by atoms with E-state index in [4.69, 9.17) is 17.3 Å². The highest BCUT2D eigenvalue weighted by molar-refractivity contribution is 6.35. The van der Waals surface area contributed by atoms with E-state index in [1.165, 1.54) is 17.1 Å². The lowest BCUT2D eigenvalue weighted by atomic mass is 9.96. The van der Waals surface area contributed by atoms with Crippen LogP contribution in [-0.4, -0.2) is 52.0 Å². The van der Waals surface area contributed by atoms with Crippen LogP contribution in [0.2, 0.25) is 5.02 Å². The Hall–Kier alpha value is -3.73. The van der Waals surface area contributed by atoms with Crippen molar-refractivity contribution in [1.29, 1.82) is 0 Å². The molecule has 34 heavy (non-hydrogen) atoms. The average Bonchev–Trinajstić information content (AvgIpc) is 3.13. The predicted octanol–water partition coefficient (Wildman–Crippen LogP) is 3.86. The second kappa shape index (κ2) is 9.64. The molecule has 0 aliphatic rings. The predicted molar refractivity (Wildman–Crippen MR) is 121 cm³/mol. The Balaban J connectivity index is 1.92. The van der Waals surface area contributed by atoms with Gasteiger partial charge in [0.25, 0.3) is 5.91 Å². The summed E-state index contributed by atoms with van der Waals surface area (Å²) >= 11 is 6.39. The molecule has 1 aromatic heterocycles. The first-order valence-corrected chi connectivity index (χ1v) is 10.2. The highest BCUT2D eigenvalue weighted by atomic mass is 35.5. The van der Waals surface area contributed by atoms with Crippen LogP contribution in [0.1, 0.15) is 43.1 Å². The zero-order valence-corrected chi connectivity index (χ0v) is 19.1. The molecule has 0 saturated heterocycles. The summed E-state index contributed by atoms with van der Waals surface area (Å²) < 4.78 is 39.8. The third-order valence-corrected chi connectivity index (χ3v) is 5.03. The number of carbonyl (C=O) groups excluding carboxylic acids is 2. The zero-order chi connectivity index (χ0) is 25.2. The number of aryl methyl sites for hydroxylation is 1. The molecular formula is C22H20ClF3N6O2. The summed E-state index contributed by atoms with van der Waals surface area (Å²) in [4.78, 5) is 30.5. The number of primary amides is 1. The fourth-order valence-corrected chi connectivity index (χ4v) is 3.57. The van der Waals surface area contributed by atoms with E-state index >= 15 is 0 Å². The van der Waals surface area contributed by atoms with Crippen molar-refractivity contribution in [3.63, 3.8) is 0 Å². The molecular weight excluding hydrogens is 473 g/mol. The molecule has 0 atom stereocenters. The maximum Gasteiger partial charge on any atom is 0.416 e. The van der Waals surface area contributed by atoms with Crippen LogP contribution < -0.4 is 5.73 Å². The van der Waals surface area contributed by atoms with Crippen molar-refractivity contribution in [2.45, 2.75) is 19.6 Å². The number of alkyl halides is 3. The first kappa shape index (κ1) is 24.9. The van der Waals surface area contributed by atoms with E-state index in [1.54, 1.807) is 32.0 Å². The van der Waals surface area contributed by atoms with Crippen LogP contribution in [-0.2, 0) is 12.7 Å². The number of ketones is 1. The maximum absolute atomic E-state index is 12.9. The van der Waals surface area contributed by atoms with Gasteiger partial charge in [-0.25, -0.2) is 9.67 Å². The quantitative estimate of drug-likeness (QED) is 0.306. The van der Waals surface area contributed by atoms with Gasteiger partial charge in [0.15, 0.2) is 17.3 Å². The molecule has 12 heteroatoms. The molecule has 1 amide bonds. The topological polar surface area (TPSA) is 106 Å². The van der Waals surface area contributed by atoms with Gasteiger partial charge in [0.05, 0.1) is 23.5 Å². The molecule has 0 aliphatic carbocycles. The minimum absolute atomic E-state index is 0.0773. The zero-order valence-electron chi connectivity index (χ0n) is 18.4. The normalized spacial score (nSPS) is 11.7. The third-order valence-electron chi connectivity index (χ3n) is 4.73. The largest absolute Gasteiger partial charge is 0.416 e. The van der Waals surface area contributed by atoms with E-state index in [0.29, 0.717) is 11.1 Å². The summed E-state index contributed by atoms with van der Waals surface area (Å²) in [6.45, 7) is 1.78. The molecule has 2 N–H and O–H groups in total. The summed E-state index contributed by atoms with van der Waals surface area (Å²) in [5.41, 5.74) is 5.80. The van der Waals surface area contributed by atoms with Gasteiger partial charge in [-0.3, -0.25) is 9.59 Å². The minimum Gasteiger partial charge on any atom is -0.369 e. The lowest BCUT2D eigenvalue weighted by molar-refractivity contribution is -0.137.